The Kier molecular flexibility index (Phi) is 12.1. The molecule has 9 nitrogen and oxygen atoms in total. The van der Waals surface area contributed by atoms with Crippen molar-refractivity contribution in [1.82, 2.24) is 9.80 Å². The third kappa shape index (κ3) is 9.03. The first-order valence-electron chi connectivity index (χ1n) is 15.6. The molecule has 0 radical (unpaired) electrons. The Morgan fingerprint density at radius 3 is 1.76 bits per heavy atom. The molecule has 6 rings (SSSR count). The summed E-state index contributed by atoms with van der Waals surface area (Å²) in [6.07, 6.45) is 8.39. The van der Waals surface area contributed by atoms with Gasteiger partial charge in [-0.2, -0.15) is 0 Å². The zero-order valence-electron chi connectivity index (χ0n) is 26.4. The Morgan fingerprint density at radius 1 is 0.756 bits per heavy atom. The van der Waals surface area contributed by atoms with Crippen LogP contribution in [0.2, 0.25) is 0 Å². The minimum Gasteiger partial charge on any atom is -0.394 e. The zero-order chi connectivity index (χ0) is 31.9. The van der Waals surface area contributed by atoms with Crippen LogP contribution in [0.25, 0.3) is 0 Å². The van der Waals surface area contributed by atoms with E-state index in [9.17, 15) is 19.2 Å². The van der Waals surface area contributed by atoms with Crippen molar-refractivity contribution in [3.63, 3.8) is 0 Å². The largest absolute Gasteiger partial charge is 0.394 e. The number of benzene rings is 2. The summed E-state index contributed by atoms with van der Waals surface area (Å²) in [5, 5.41) is 15.2. The van der Waals surface area contributed by atoms with E-state index in [2.05, 4.69) is 10.6 Å². The smallest absolute Gasteiger partial charge is 0.219 e. The zero-order valence-corrected chi connectivity index (χ0v) is 26.4. The lowest BCUT2D eigenvalue weighted by atomic mass is 9.83. The Bertz CT molecular complexity index is 1380. The predicted molar refractivity (Wildman–Crippen MR) is 180 cm³/mol. The number of nitrogens with one attached hydrogen (secondary N) is 2. The van der Waals surface area contributed by atoms with Gasteiger partial charge >= 0.3 is 0 Å². The number of rotatable bonds is 0. The molecule has 9 heteroatoms. The van der Waals surface area contributed by atoms with Crippen LogP contribution in [-0.4, -0.2) is 81.6 Å². The fourth-order valence-corrected chi connectivity index (χ4v) is 6.25. The number of aliphatic hydroxyl groups excluding tert-OH is 1. The Labute approximate surface area is 268 Å². The molecule has 2 spiro atoms. The SMILES string of the molecule is C.CC(=O)N1CCC2(C=CC(=O)c3ccccc3N2)CC1.CC(=O)N1CCC2(CCC(=O)c3ccccc3N2)CC1.CC(C)O. The number of allylic oxidation sites excluding steroid dienone is 1. The number of anilines is 2. The second-order valence-electron chi connectivity index (χ2n) is 12.5. The number of ketones is 2. The first-order chi connectivity index (χ1) is 20.9. The monoisotopic (exact) mass is 618 g/mol. The molecule has 244 valence electrons. The van der Waals surface area contributed by atoms with Gasteiger partial charge in [0.2, 0.25) is 11.8 Å². The van der Waals surface area contributed by atoms with Crippen molar-refractivity contribution < 1.29 is 24.3 Å². The van der Waals surface area contributed by atoms with E-state index in [1.165, 1.54) is 0 Å². The van der Waals surface area contributed by atoms with Crippen LogP contribution in [-0.2, 0) is 9.59 Å². The number of para-hydroxylation sites is 2. The maximum absolute atomic E-state index is 12.2. The lowest BCUT2D eigenvalue weighted by Gasteiger charge is -2.42. The summed E-state index contributed by atoms with van der Waals surface area (Å²) >= 11 is 0. The molecule has 4 aliphatic rings. The second-order valence-corrected chi connectivity index (χ2v) is 12.5. The van der Waals surface area contributed by atoms with Crippen molar-refractivity contribution in [3.05, 3.63) is 71.8 Å². The summed E-state index contributed by atoms with van der Waals surface area (Å²) in [5.74, 6) is 0.525. The average molecular weight is 619 g/mol. The molecule has 45 heavy (non-hydrogen) atoms. The molecule has 0 bridgehead atoms. The first-order valence-corrected chi connectivity index (χ1v) is 15.6. The third-order valence-corrected chi connectivity index (χ3v) is 8.85. The van der Waals surface area contributed by atoms with E-state index in [4.69, 9.17) is 5.11 Å². The summed E-state index contributed by atoms with van der Waals surface area (Å²) < 4.78 is 0. The summed E-state index contributed by atoms with van der Waals surface area (Å²) in [4.78, 5) is 50.9. The van der Waals surface area contributed by atoms with E-state index < -0.39 is 0 Å². The van der Waals surface area contributed by atoms with Gasteiger partial charge in [-0.05, 0) is 76.3 Å². The van der Waals surface area contributed by atoms with Crippen LogP contribution in [0.1, 0.15) is 94.4 Å². The van der Waals surface area contributed by atoms with Crippen molar-refractivity contribution in [2.75, 3.05) is 36.8 Å². The van der Waals surface area contributed by atoms with Crippen LogP contribution in [0.5, 0.6) is 0 Å². The van der Waals surface area contributed by atoms with Gasteiger partial charge in [0, 0.05) is 80.6 Å². The number of aliphatic hydroxyl groups is 1. The molecule has 4 aliphatic heterocycles. The first kappa shape index (κ1) is 35.5. The van der Waals surface area contributed by atoms with Crippen molar-refractivity contribution in [2.24, 2.45) is 0 Å². The third-order valence-electron chi connectivity index (χ3n) is 8.85. The number of carbonyl (C=O) groups is 4. The van der Waals surface area contributed by atoms with Crippen LogP contribution < -0.4 is 10.6 Å². The number of Topliss-reactive ketones (excluding diaryl/α,β-unsaturated/α-hetero) is 1. The lowest BCUT2D eigenvalue weighted by molar-refractivity contribution is -0.131. The highest BCUT2D eigenvalue weighted by Crippen LogP contribution is 2.36. The van der Waals surface area contributed by atoms with Gasteiger partial charge in [0.1, 0.15) is 0 Å². The molecule has 0 aliphatic carbocycles. The molecule has 2 fully saturated rings. The second kappa shape index (κ2) is 15.3. The number of amides is 2. The number of hydrogen-bond donors (Lipinski definition) is 3. The summed E-state index contributed by atoms with van der Waals surface area (Å²) in [5.41, 5.74) is 3.11. The lowest BCUT2D eigenvalue weighted by Crippen LogP contribution is -2.50. The van der Waals surface area contributed by atoms with E-state index in [1.807, 2.05) is 64.4 Å². The van der Waals surface area contributed by atoms with Gasteiger partial charge in [-0.25, -0.2) is 0 Å². The van der Waals surface area contributed by atoms with Crippen LogP contribution in [0.3, 0.4) is 0 Å². The number of hydrogen-bond acceptors (Lipinski definition) is 7. The van der Waals surface area contributed by atoms with E-state index >= 15 is 0 Å². The molecule has 3 N–H and O–H groups in total. The summed E-state index contributed by atoms with van der Waals surface area (Å²) in [6, 6.07) is 15.4. The fourth-order valence-electron chi connectivity index (χ4n) is 6.25. The number of piperidine rings is 2. The van der Waals surface area contributed by atoms with Crippen molar-refractivity contribution in [3.8, 4) is 0 Å². The topological polar surface area (TPSA) is 119 Å². The van der Waals surface area contributed by atoms with Gasteiger partial charge < -0.3 is 25.5 Å². The normalized spacial score (nSPS) is 19.2. The molecule has 4 heterocycles. The van der Waals surface area contributed by atoms with Crippen molar-refractivity contribution in [1.29, 1.82) is 0 Å². The number of carbonyl (C=O) groups excluding carboxylic acids is 4. The highest BCUT2D eigenvalue weighted by Gasteiger charge is 2.38. The molecule has 2 aromatic rings. The highest BCUT2D eigenvalue weighted by molar-refractivity contribution is 6.09. The molecule has 0 atom stereocenters. The quantitative estimate of drug-likeness (QED) is 0.346. The van der Waals surface area contributed by atoms with Crippen molar-refractivity contribution >= 4 is 34.8 Å². The highest BCUT2D eigenvalue weighted by atomic mass is 16.3. The average Bonchev–Trinajstić information content (AvgIpc) is 3.22. The Hall–Kier alpha value is -3.98. The van der Waals surface area contributed by atoms with Gasteiger partial charge in [-0.1, -0.05) is 37.8 Å². The van der Waals surface area contributed by atoms with Crippen molar-refractivity contribution in [2.45, 2.75) is 90.8 Å². The van der Waals surface area contributed by atoms with Gasteiger partial charge in [0.25, 0.3) is 0 Å². The fraction of sp³-hybridized carbons (Fsp3) is 0.500. The van der Waals surface area contributed by atoms with E-state index in [1.54, 1.807) is 33.8 Å². The number of likely N-dealkylation sites (tertiary alicyclic amines) is 2. The molecule has 0 saturated carbocycles. The molecular weight excluding hydrogens is 568 g/mol. The molecule has 2 amide bonds. The van der Waals surface area contributed by atoms with Gasteiger partial charge in [0.05, 0.1) is 5.54 Å². The maximum Gasteiger partial charge on any atom is 0.219 e. The standard InChI is InChI=1S/C16H20N2O2.C16H18N2O2.C3H8O.CH4/c2*1-12(19)18-10-8-16(9-11-18)7-6-15(20)13-4-2-3-5-14(13)17-16;1-3(2)4;/h2-5,17H,6-11H2,1H3;2-7,17H,8-11H2,1H3;3-4H,1-2H3;1H4. The van der Waals surface area contributed by atoms with Crippen LogP contribution in [0, 0.1) is 0 Å². The van der Waals surface area contributed by atoms with Crippen LogP contribution in [0.15, 0.2) is 60.7 Å². The van der Waals surface area contributed by atoms with Gasteiger partial charge in [0.15, 0.2) is 11.6 Å². The molecule has 0 unspecified atom stereocenters. The van der Waals surface area contributed by atoms with Gasteiger partial charge in [-0.3, -0.25) is 19.2 Å². The van der Waals surface area contributed by atoms with E-state index in [0.717, 1.165) is 80.8 Å². The minimum absolute atomic E-state index is 0. The molecule has 2 saturated heterocycles. The maximum atomic E-state index is 12.2. The minimum atomic E-state index is -0.214. The molecule has 2 aromatic carbocycles. The van der Waals surface area contributed by atoms with E-state index in [-0.39, 0.29) is 48.0 Å². The Morgan fingerprint density at radius 2 is 1.22 bits per heavy atom. The summed E-state index contributed by atoms with van der Waals surface area (Å²) in [7, 11) is 0. The number of nitrogens with zero attached hydrogens (tertiary/aromatic N) is 2. The predicted octanol–water partition coefficient (Wildman–Crippen LogP) is 5.71. The summed E-state index contributed by atoms with van der Waals surface area (Å²) in [6.45, 7) is 9.67. The molecule has 0 aromatic heterocycles. The van der Waals surface area contributed by atoms with E-state index in [0.29, 0.717) is 6.42 Å². The Balaban J connectivity index is 0.000000215. The molecular formula is C36H50N4O5. The van der Waals surface area contributed by atoms with Crippen LogP contribution in [0.4, 0.5) is 11.4 Å². The van der Waals surface area contributed by atoms with Crippen LogP contribution >= 0.6 is 0 Å². The van der Waals surface area contributed by atoms with Gasteiger partial charge in [-0.15, -0.1) is 0 Å². The number of fused-ring (bicyclic) bond motifs is 2.